The van der Waals surface area contributed by atoms with Gasteiger partial charge in [-0.2, -0.15) is 0 Å². The quantitative estimate of drug-likeness (QED) is 0.741. The maximum absolute atomic E-state index is 12.1. The number of rotatable bonds is 6. The van der Waals surface area contributed by atoms with Crippen LogP contribution in [0.1, 0.15) is 53.4 Å². The molecular weight excluding hydrogens is 230 g/mol. The fourth-order valence-electron chi connectivity index (χ4n) is 2.62. The molecule has 0 aliphatic carbocycles. The van der Waals surface area contributed by atoms with Crippen molar-refractivity contribution in [3.8, 4) is 0 Å². The molecule has 0 aromatic carbocycles. The molecule has 2 N–H and O–H groups in total. The lowest BCUT2D eigenvalue weighted by Gasteiger charge is -2.32. The zero-order chi connectivity index (χ0) is 13.8. The number of carbonyl (C=O) groups is 1. The van der Waals surface area contributed by atoms with Gasteiger partial charge in [0.1, 0.15) is 0 Å². The molecule has 1 aliphatic rings. The largest absolute Gasteiger partial charge is 0.466 e. The molecule has 1 fully saturated rings. The maximum Gasteiger partial charge on any atom is 0.313 e. The Morgan fingerprint density at radius 1 is 1.50 bits per heavy atom. The van der Waals surface area contributed by atoms with E-state index < -0.39 is 5.41 Å². The summed E-state index contributed by atoms with van der Waals surface area (Å²) >= 11 is 0. The summed E-state index contributed by atoms with van der Waals surface area (Å²) in [4.78, 5) is 12.1. The molecule has 0 radical (unpaired) electrons. The van der Waals surface area contributed by atoms with Crippen LogP contribution in [0, 0.1) is 5.41 Å². The molecule has 1 rings (SSSR count). The Morgan fingerprint density at radius 3 is 2.56 bits per heavy atom. The van der Waals surface area contributed by atoms with E-state index in [2.05, 4.69) is 13.8 Å². The standard InChI is InChI=1S/C14H27NO3/c1-5-14(10-15,12(16)17-6-2)9-11-7-8-13(3,4)18-11/h11H,5-10,15H2,1-4H3. The van der Waals surface area contributed by atoms with Crippen LogP contribution in [0.15, 0.2) is 0 Å². The van der Waals surface area contributed by atoms with Crippen molar-refractivity contribution < 1.29 is 14.3 Å². The first-order valence-electron chi connectivity index (χ1n) is 6.94. The fourth-order valence-corrected chi connectivity index (χ4v) is 2.62. The van der Waals surface area contributed by atoms with Crippen molar-refractivity contribution in [1.29, 1.82) is 0 Å². The van der Waals surface area contributed by atoms with Crippen LogP contribution in [0.3, 0.4) is 0 Å². The van der Waals surface area contributed by atoms with Gasteiger partial charge in [0, 0.05) is 6.54 Å². The van der Waals surface area contributed by atoms with Gasteiger partial charge >= 0.3 is 5.97 Å². The van der Waals surface area contributed by atoms with Crippen molar-refractivity contribution in [2.45, 2.75) is 65.1 Å². The van der Waals surface area contributed by atoms with Crippen LogP contribution in [-0.2, 0) is 14.3 Å². The van der Waals surface area contributed by atoms with E-state index in [-0.39, 0.29) is 17.7 Å². The minimum atomic E-state index is -0.582. The van der Waals surface area contributed by atoms with Crippen molar-refractivity contribution in [2.24, 2.45) is 11.1 Å². The summed E-state index contributed by atoms with van der Waals surface area (Å²) in [5.41, 5.74) is 5.18. The van der Waals surface area contributed by atoms with Crippen molar-refractivity contribution in [1.82, 2.24) is 0 Å². The van der Waals surface area contributed by atoms with Gasteiger partial charge in [-0.3, -0.25) is 4.79 Å². The molecule has 0 aromatic heterocycles. The van der Waals surface area contributed by atoms with Crippen LogP contribution >= 0.6 is 0 Å². The summed E-state index contributed by atoms with van der Waals surface area (Å²) in [6.07, 6.45) is 3.51. The Kier molecular flexibility index (Phi) is 5.17. The van der Waals surface area contributed by atoms with Crippen molar-refractivity contribution in [2.75, 3.05) is 13.2 Å². The molecule has 0 spiro atoms. The van der Waals surface area contributed by atoms with E-state index in [4.69, 9.17) is 15.2 Å². The highest BCUT2D eigenvalue weighted by Crippen LogP contribution is 2.38. The highest BCUT2D eigenvalue weighted by molar-refractivity contribution is 5.77. The average molecular weight is 257 g/mol. The molecule has 1 heterocycles. The fraction of sp³-hybridized carbons (Fsp3) is 0.929. The van der Waals surface area contributed by atoms with E-state index in [9.17, 15) is 4.79 Å². The Hall–Kier alpha value is -0.610. The molecule has 0 bridgehead atoms. The summed E-state index contributed by atoms with van der Waals surface area (Å²) in [6, 6.07) is 0. The first kappa shape index (κ1) is 15.4. The average Bonchev–Trinajstić information content (AvgIpc) is 2.66. The van der Waals surface area contributed by atoms with Crippen LogP contribution < -0.4 is 5.73 Å². The van der Waals surface area contributed by atoms with Crippen molar-refractivity contribution in [3.63, 3.8) is 0 Å². The number of hydrogen-bond acceptors (Lipinski definition) is 4. The lowest BCUT2D eigenvalue weighted by atomic mass is 9.79. The first-order chi connectivity index (χ1) is 8.39. The summed E-state index contributed by atoms with van der Waals surface area (Å²) in [5.74, 6) is -0.177. The Balaban J connectivity index is 2.71. The summed E-state index contributed by atoms with van der Waals surface area (Å²) in [6.45, 7) is 8.72. The van der Waals surface area contributed by atoms with E-state index in [1.54, 1.807) is 0 Å². The molecule has 0 amide bonds. The van der Waals surface area contributed by atoms with Gasteiger partial charge in [-0.05, 0) is 46.5 Å². The highest BCUT2D eigenvalue weighted by atomic mass is 16.5. The van der Waals surface area contributed by atoms with Crippen LogP contribution in [0.4, 0.5) is 0 Å². The van der Waals surface area contributed by atoms with Gasteiger partial charge in [-0.15, -0.1) is 0 Å². The minimum absolute atomic E-state index is 0.0760. The number of esters is 1. The van der Waals surface area contributed by atoms with E-state index >= 15 is 0 Å². The van der Waals surface area contributed by atoms with E-state index in [1.807, 2.05) is 13.8 Å². The molecule has 1 aliphatic heterocycles. The van der Waals surface area contributed by atoms with Gasteiger partial charge in [0.2, 0.25) is 0 Å². The third-order valence-corrected chi connectivity index (χ3v) is 3.95. The van der Waals surface area contributed by atoms with Crippen molar-refractivity contribution in [3.05, 3.63) is 0 Å². The number of ether oxygens (including phenoxy) is 2. The van der Waals surface area contributed by atoms with E-state index in [1.165, 1.54) is 0 Å². The summed E-state index contributed by atoms with van der Waals surface area (Å²) in [7, 11) is 0. The molecule has 4 heteroatoms. The Morgan fingerprint density at radius 2 is 2.17 bits per heavy atom. The van der Waals surface area contributed by atoms with Crippen LogP contribution in [0.5, 0.6) is 0 Å². The lowest BCUT2D eigenvalue weighted by molar-refractivity contribution is -0.158. The number of carbonyl (C=O) groups excluding carboxylic acids is 1. The number of hydrogen-bond donors (Lipinski definition) is 1. The van der Waals surface area contributed by atoms with Gasteiger partial charge in [-0.1, -0.05) is 6.92 Å². The Bertz CT molecular complexity index is 285. The second-order valence-electron chi connectivity index (χ2n) is 5.80. The molecule has 18 heavy (non-hydrogen) atoms. The molecule has 1 saturated heterocycles. The van der Waals surface area contributed by atoms with E-state index in [0.29, 0.717) is 26.0 Å². The van der Waals surface area contributed by atoms with Gasteiger partial charge in [0.15, 0.2) is 0 Å². The number of nitrogens with two attached hydrogens (primary N) is 1. The zero-order valence-electron chi connectivity index (χ0n) is 12.1. The van der Waals surface area contributed by atoms with Gasteiger partial charge < -0.3 is 15.2 Å². The second kappa shape index (κ2) is 6.02. The predicted octanol–water partition coefficient (Wildman–Crippen LogP) is 2.25. The maximum atomic E-state index is 12.1. The molecular formula is C14H27NO3. The molecule has 0 saturated carbocycles. The van der Waals surface area contributed by atoms with Gasteiger partial charge in [-0.25, -0.2) is 0 Å². The topological polar surface area (TPSA) is 61.5 Å². The summed E-state index contributed by atoms with van der Waals surface area (Å²) in [5, 5.41) is 0. The molecule has 0 aromatic rings. The molecule has 106 valence electrons. The molecule has 2 atom stereocenters. The predicted molar refractivity (Wildman–Crippen MR) is 71.2 cm³/mol. The summed E-state index contributed by atoms with van der Waals surface area (Å²) < 4.78 is 11.1. The second-order valence-corrected chi connectivity index (χ2v) is 5.80. The normalized spacial score (nSPS) is 25.7. The van der Waals surface area contributed by atoms with Crippen molar-refractivity contribution >= 4 is 5.97 Å². The smallest absolute Gasteiger partial charge is 0.313 e. The van der Waals surface area contributed by atoms with Crippen LogP contribution in [0.25, 0.3) is 0 Å². The van der Waals surface area contributed by atoms with Gasteiger partial charge in [0.05, 0.1) is 23.7 Å². The van der Waals surface area contributed by atoms with E-state index in [0.717, 1.165) is 12.8 Å². The lowest BCUT2D eigenvalue weighted by Crippen LogP contribution is -2.42. The molecule has 2 unspecified atom stereocenters. The van der Waals surface area contributed by atoms with Crippen LogP contribution in [0.2, 0.25) is 0 Å². The third-order valence-electron chi connectivity index (χ3n) is 3.95. The Labute approximate surface area is 110 Å². The zero-order valence-corrected chi connectivity index (χ0v) is 12.1. The first-order valence-corrected chi connectivity index (χ1v) is 6.94. The highest BCUT2D eigenvalue weighted by Gasteiger charge is 2.42. The van der Waals surface area contributed by atoms with Gasteiger partial charge in [0.25, 0.3) is 0 Å². The van der Waals surface area contributed by atoms with Crippen LogP contribution in [-0.4, -0.2) is 30.8 Å². The monoisotopic (exact) mass is 257 g/mol. The SMILES string of the molecule is CCOC(=O)C(CC)(CN)CC1CCC(C)(C)O1. The third kappa shape index (κ3) is 3.45. The minimum Gasteiger partial charge on any atom is -0.466 e. The molecule has 4 nitrogen and oxygen atoms in total.